The van der Waals surface area contributed by atoms with Gasteiger partial charge in [0.15, 0.2) is 0 Å². The van der Waals surface area contributed by atoms with E-state index in [2.05, 4.69) is 17.0 Å². The zero-order valence-corrected chi connectivity index (χ0v) is 10.2. The van der Waals surface area contributed by atoms with E-state index in [4.69, 9.17) is 0 Å². The van der Waals surface area contributed by atoms with Gasteiger partial charge < -0.3 is 9.90 Å². The van der Waals surface area contributed by atoms with Crippen LogP contribution in [-0.4, -0.2) is 34.5 Å². The lowest BCUT2D eigenvalue weighted by molar-refractivity contribution is -0.113. The maximum Gasteiger partial charge on any atom is 0.122 e. The fraction of sp³-hybridized carbons (Fsp3) is 0.500. The molecular weight excluding hydrogens is 214 g/mol. The van der Waals surface area contributed by atoms with Gasteiger partial charge in [0.05, 0.1) is 5.60 Å². The number of carbonyl (C=O) groups excluding carboxylic acids is 1. The molecule has 0 saturated carbocycles. The molecule has 0 spiro atoms. The van der Waals surface area contributed by atoms with Crippen molar-refractivity contribution in [3.05, 3.63) is 35.9 Å². The molecule has 1 heterocycles. The van der Waals surface area contributed by atoms with Crippen molar-refractivity contribution in [2.75, 3.05) is 6.54 Å². The first kappa shape index (κ1) is 12.3. The highest BCUT2D eigenvalue weighted by atomic mass is 16.3. The van der Waals surface area contributed by atoms with Gasteiger partial charge in [0.1, 0.15) is 6.29 Å². The molecule has 2 rings (SSSR count). The van der Waals surface area contributed by atoms with Gasteiger partial charge in [0.25, 0.3) is 0 Å². The Morgan fingerprint density at radius 1 is 1.47 bits per heavy atom. The van der Waals surface area contributed by atoms with Gasteiger partial charge in [0.2, 0.25) is 0 Å². The number of benzene rings is 1. The molecule has 1 aromatic carbocycles. The third kappa shape index (κ3) is 2.56. The number of hydrogen-bond donors (Lipinski definition) is 1. The third-order valence-electron chi connectivity index (χ3n) is 3.82. The number of nitrogens with zero attached hydrogens (tertiary/aromatic N) is 1. The van der Waals surface area contributed by atoms with E-state index >= 15 is 0 Å². The average molecular weight is 233 g/mol. The number of aldehydes is 1. The van der Waals surface area contributed by atoms with Crippen LogP contribution in [0.4, 0.5) is 0 Å². The average Bonchev–Trinajstić information content (AvgIpc) is 2.60. The number of hydrogen-bond acceptors (Lipinski definition) is 3. The van der Waals surface area contributed by atoms with E-state index in [1.807, 2.05) is 25.1 Å². The zero-order valence-electron chi connectivity index (χ0n) is 10.2. The second-order valence-corrected chi connectivity index (χ2v) is 4.86. The summed E-state index contributed by atoms with van der Waals surface area (Å²) < 4.78 is 0. The van der Waals surface area contributed by atoms with Crippen LogP contribution in [0.3, 0.4) is 0 Å². The van der Waals surface area contributed by atoms with Crippen LogP contribution in [-0.2, 0) is 11.3 Å². The highest BCUT2D eigenvalue weighted by molar-refractivity contribution is 5.52. The number of rotatable bonds is 4. The Hall–Kier alpha value is -1.19. The van der Waals surface area contributed by atoms with E-state index in [-0.39, 0.29) is 12.5 Å². The quantitative estimate of drug-likeness (QED) is 0.803. The standard InChI is InChI=1S/C14H19NO2/c1-12-14(17,8-10-16)7-9-15(12)11-13-5-3-2-4-6-13/h2-6,10,12,17H,7-9,11H2,1H3. The van der Waals surface area contributed by atoms with Crippen LogP contribution in [0.1, 0.15) is 25.3 Å². The third-order valence-corrected chi connectivity index (χ3v) is 3.82. The minimum atomic E-state index is -0.837. The maximum absolute atomic E-state index is 10.6. The smallest absolute Gasteiger partial charge is 0.122 e. The fourth-order valence-corrected chi connectivity index (χ4v) is 2.53. The first-order valence-corrected chi connectivity index (χ1v) is 6.10. The predicted octanol–water partition coefficient (Wildman–Crippen LogP) is 1.60. The first-order chi connectivity index (χ1) is 8.15. The molecule has 1 saturated heterocycles. The summed E-state index contributed by atoms with van der Waals surface area (Å²) in [6.45, 7) is 3.68. The van der Waals surface area contributed by atoms with E-state index in [1.54, 1.807) is 0 Å². The molecule has 2 atom stereocenters. The van der Waals surface area contributed by atoms with Crippen molar-refractivity contribution in [3.63, 3.8) is 0 Å². The lowest BCUT2D eigenvalue weighted by Crippen LogP contribution is -2.42. The Morgan fingerprint density at radius 3 is 2.82 bits per heavy atom. The molecule has 3 nitrogen and oxygen atoms in total. The second-order valence-electron chi connectivity index (χ2n) is 4.86. The van der Waals surface area contributed by atoms with E-state index < -0.39 is 5.60 Å². The zero-order chi connectivity index (χ0) is 12.3. The van der Waals surface area contributed by atoms with Crippen LogP contribution in [0.5, 0.6) is 0 Å². The van der Waals surface area contributed by atoms with Crippen LogP contribution in [0.2, 0.25) is 0 Å². The van der Waals surface area contributed by atoms with Crippen molar-refractivity contribution in [1.82, 2.24) is 4.90 Å². The summed E-state index contributed by atoms with van der Waals surface area (Å²) >= 11 is 0. The highest BCUT2D eigenvalue weighted by Gasteiger charge is 2.42. The van der Waals surface area contributed by atoms with E-state index in [0.717, 1.165) is 19.4 Å². The summed E-state index contributed by atoms with van der Waals surface area (Å²) in [4.78, 5) is 12.8. The SMILES string of the molecule is CC1N(Cc2ccccc2)CCC1(O)CC=O. The van der Waals surface area contributed by atoms with Gasteiger partial charge in [-0.2, -0.15) is 0 Å². The summed E-state index contributed by atoms with van der Waals surface area (Å²) in [5, 5.41) is 10.3. The van der Waals surface area contributed by atoms with Crippen molar-refractivity contribution < 1.29 is 9.90 Å². The first-order valence-electron chi connectivity index (χ1n) is 6.10. The van der Waals surface area contributed by atoms with Gasteiger partial charge in [-0.3, -0.25) is 4.90 Å². The van der Waals surface area contributed by atoms with Gasteiger partial charge in [-0.25, -0.2) is 0 Å². The van der Waals surface area contributed by atoms with Crippen LogP contribution >= 0.6 is 0 Å². The minimum absolute atomic E-state index is 0.0351. The van der Waals surface area contributed by atoms with Gasteiger partial charge in [-0.1, -0.05) is 30.3 Å². The molecule has 2 unspecified atom stereocenters. The molecule has 0 bridgehead atoms. The Kier molecular flexibility index (Phi) is 3.60. The molecule has 0 aliphatic carbocycles. The van der Waals surface area contributed by atoms with E-state index in [0.29, 0.717) is 6.42 Å². The molecule has 0 amide bonds. The lowest BCUT2D eigenvalue weighted by atomic mass is 9.92. The summed E-state index contributed by atoms with van der Waals surface area (Å²) in [6, 6.07) is 10.3. The summed E-state index contributed by atoms with van der Waals surface area (Å²) in [5.74, 6) is 0. The summed E-state index contributed by atoms with van der Waals surface area (Å²) in [6.07, 6.45) is 1.74. The molecule has 0 aromatic heterocycles. The van der Waals surface area contributed by atoms with Gasteiger partial charge >= 0.3 is 0 Å². The topological polar surface area (TPSA) is 40.5 Å². The molecular formula is C14H19NO2. The fourth-order valence-electron chi connectivity index (χ4n) is 2.53. The van der Waals surface area contributed by atoms with E-state index in [1.165, 1.54) is 5.56 Å². The molecule has 1 aromatic rings. The molecule has 1 aliphatic rings. The molecule has 1 aliphatic heterocycles. The Bertz CT molecular complexity index is 379. The second kappa shape index (κ2) is 4.98. The number of likely N-dealkylation sites (tertiary alicyclic amines) is 1. The van der Waals surface area contributed by atoms with Gasteiger partial charge in [-0.05, 0) is 18.9 Å². The normalized spacial score (nSPS) is 29.4. The van der Waals surface area contributed by atoms with Crippen LogP contribution < -0.4 is 0 Å². The van der Waals surface area contributed by atoms with Crippen molar-refractivity contribution in [3.8, 4) is 0 Å². The molecule has 92 valence electrons. The monoisotopic (exact) mass is 233 g/mol. The molecule has 17 heavy (non-hydrogen) atoms. The largest absolute Gasteiger partial charge is 0.388 e. The van der Waals surface area contributed by atoms with Crippen LogP contribution in [0, 0.1) is 0 Å². The van der Waals surface area contributed by atoms with Crippen molar-refractivity contribution in [2.45, 2.75) is 38.0 Å². The maximum atomic E-state index is 10.6. The molecule has 1 N–H and O–H groups in total. The van der Waals surface area contributed by atoms with Gasteiger partial charge in [0, 0.05) is 25.6 Å². The van der Waals surface area contributed by atoms with Crippen molar-refractivity contribution >= 4 is 6.29 Å². The van der Waals surface area contributed by atoms with E-state index in [9.17, 15) is 9.90 Å². The lowest BCUT2D eigenvalue weighted by Gasteiger charge is -2.30. The molecule has 0 radical (unpaired) electrons. The van der Waals surface area contributed by atoms with Crippen molar-refractivity contribution in [1.29, 1.82) is 0 Å². The Balaban J connectivity index is 2.03. The van der Waals surface area contributed by atoms with Crippen molar-refractivity contribution in [2.24, 2.45) is 0 Å². The molecule has 3 heteroatoms. The van der Waals surface area contributed by atoms with Crippen LogP contribution in [0.15, 0.2) is 30.3 Å². The summed E-state index contributed by atoms with van der Waals surface area (Å²) in [5.41, 5.74) is 0.408. The Morgan fingerprint density at radius 2 is 2.18 bits per heavy atom. The van der Waals surface area contributed by atoms with Gasteiger partial charge in [-0.15, -0.1) is 0 Å². The number of carbonyl (C=O) groups is 1. The molecule has 1 fully saturated rings. The Labute approximate surface area is 102 Å². The van der Waals surface area contributed by atoms with Crippen LogP contribution in [0.25, 0.3) is 0 Å². The predicted molar refractivity (Wildman–Crippen MR) is 66.6 cm³/mol. The number of aliphatic hydroxyl groups is 1. The minimum Gasteiger partial charge on any atom is -0.388 e. The highest BCUT2D eigenvalue weighted by Crippen LogP contribution is 2.31. The summed E-state index contributed by atoms with van der Waals surface area (Å²) in [7, 11) is 0.